The molecule has 0 radical (unpaired) electrons. The van der Waals surface area contributed by atoms with Crippen LogP contribution in [-0.2, 0) is 20.8 Å². The van der Waals surface area contributed by atoms with Gasteiger partial charge in [0.05, 0.1) is 0 Å². The van der Waals surface area contributed by atoms with Crippen molar-refractivity contribution in [1.29, 1.82) is 0 Å². The van der Waals surface area contributed by atoms with Crippen LogP contribution in [-0.4, -0.2) is 8.90 Å². The molecule has 0 aliphatic carbocycles. The van der Waals surface area contributed by atoms with Gasteiger partial charge in [0.25, 0.3) is 0 Å². The topological polar surface area (TPSA) is 9.86 Å². The quantitative estimate of drug-likeness (QED) is 0.584. The minimum atomic E-state index is -0.317. The summed E-state index contributed by atoms with van der Waals surface area (Å²) in [6.07, 6.45) is 0. The highest BCUT2D eigenvalue weighted by atomic mass is 32.1. The standard InChI is InChI=1S/C5H9N2PS2/c1-6-4(9)7(2)8(3)5(6)10/h1-3H3. The first kappa shape index (κ1) is 8.18. The van der Waals surface area contributed by atoms with Crippen molar-refractivity contribution in [2.75, 3.05) is 0 Å². The maximum absolute atomic E-state index is 5.14. The molecule has 0 aromatic carbocycles. The summed E-state index contributed by atoms with van der Waals surface area (Å²) in [6.45, 7) is 2.12. The van der Waals surface area contributed by atoms with E-state index >= 15 is 0 Å². The maximum atomic E-state index is 5.14. The van der Waals surface area contributed by atoms with Crippen molar-refractivity contribution < 1.29 is 0 Å². The largest absolute Gasteiger partial charge is 0.310 e. The fourth-order valence-corrected chi connectivity index (χ4v) is 2.99. The molecular weight excluding hydrogens is 183 g/mol. The van der Waals surface area contributed by atoms with E-state index in [0.717, 1.165) is 9.14 Å². The summed E-state index contributed by atoms with van der Waals surface area (Å²) in [6, 6.07) is 0. The summed E-state index contributed by atoms with van der Waals surface area (Å²) in [5.74, 6) is 0. The van der Waals surface area contributed by atoms with E-state index in [4.69, 9.17) is 24.4 Å². The van der Waals surface area contributed by atoms with E-state index < -0.39 is 0 Å². The Labute approximate surface area is 71.2 Å². The first-order chi connectivity index (χ1) is 4.55. The highest BCUT2D eigenvalue weighted by Crippen LogP contribution is 2.24. The Morgan fingerprint density at radius 1 is 1.30 bits per heavy atom. The third kappa shape index (κ3) is 1.00. The zero-order chi connectivity index (χ0) is 7.89. The molecular formula is C5H9N2PS2. The highest BCUT2D eigenvalue weighted by Gasteiger charge is 1.99. The molecule has 1 heterocycles. The minimum Gasteiger partial charge on any atom is -0.310 e. The summed E-state index contributed by atoms with van der Waals surface area (Å²) in [7, 11) is 3.60. The van der Waals surface area contributed by atoms with E-state index in [0.29, 0.717) is 0 Å². The van der Waals surface area contributed by atoms with Crippen molar-refractivity contribution in [2.45, 2.75) is 0 Å². The summed E-state index contributed by atoms with van der Waals surface area (Å²) in [5, 5.41) is 0. The fraction of sp³-hybridized carbons (Fsp3) is 0.600. The Hall–Kier alpha value is 0.0800. The molecule has 0 amide bonds. The van der Waals surface area contributed by atoms with Crippen LogP contribution in [0.25, 0.3) is 0 Å². The third-order valence-electron chi connectivity index (χ3n) is 1.58. The zero-order valence-electron chi connectivity index (χ0n) is 6.16. The summed E-state index contributed by atoms with van der Waals surface area (Å²) in [4.78, 5) is 0. The lowest BCUT2D eigenvalue weighted by Gasteiger charge is -1.90. The predicted octanol–water partition coefficient (Wildman–Crippen LogP) is 2.35. The van der Waals surface area contributed by atoms with Crippen LogP contribution in [0.15, 0.2) is 0 Å². The molecule has 0 saturated carbocycles. The molecule has 1 atom stereocenters. The maximum Gasteiger partial charge on any atom is 0.183 e. The van der Waals surface area contributed by atoms with Gasteiger partial charge in [0.1, 0.15) is 4.37 Å². The monoisotopic (exact) mass is 192 g/mol. The van der Waals surface area contributed by atoms with Gasteiger partial charge in [0, 0.05) is 14.1 Å². The van der Waals surface area contributed by atoms with Crippen molar-refractivity contribution in [3.05, 3.63) is 9.14 Å². The van der Waals surface area contributed by atoms with E-state index in [2.05, 4.69) is 11.0 Å². The molecule has 0 saturated heterocycles. The molecule has 1 unspecified atom stereocenters. The molecule has 1 aromatic rings. The Morgan fingerprint density at radius 3 is 1.90 bits per heavy atom. The Kier molecular flexibility index (Phi) is 2.13. The fourth-order valence-electron chi connectivity index (χ4n) is 0.773. The minimum absolute atomic E-state index is 0.317. The van der Waals surface area contributed by atoms with Crippen molar-refractivity contribution in [1.82, 2.24) is 8.90 Å². The number of nitrogens with zero attached hydrogens (tertiary/aromatic N) is 2. The Bertz CT molecular complexity index is 323. The average molecular weight is 192 g/mol. The van der Waals surface area contributed by atoms with Gasteiger partial charge in [-0.05, 0) is 26.6 Å². The third-order valence-corrected chi connectivity index (χ3v) is 5.27. The van der Waals surface area contributed by atoms with Crippen molar-refractivity contribution in [3.8, 4) is 0 Å². The van der Waals surface area contributed by atoms with Crippen LogP contribution in [0, 0.1) is 9.14 Å². The van der Waals surface area contributed by atoms with E-state index in [1.807, 2.05) is 18.7 Å². The van der Waals surface area contributed by atoms with Gasteiger partial charge < -0.3 is 8.90 Å². The first-order valence-electron chi connectivity index (χ1n) is 2.84. The van der Waals surface area contributed by atoms with Crippen LogP contribution in [0.4, 0.5) is 0 Å². The van der Waals surface area contributed by atoms with Gasteiger partial charge in [-0.3, -0.25) is 0 Å². The molecule has 0 N–H and O–H groups in total. The van der Waals surface area contributed by atoms with Gasteiger partial charge in [0.2, 0.25) is 0 Å². The second-order valence-corrected chi connectivity index (χ2v) is 5.30. The van der Waals surface area contributed by atoms with Crippen LogP contribution >= 0.6 is 32.1 Å². The molecule has 0 aliphatic rings. The predicted molar refractivity (Wildman–Crippen MR) is 49.7 cm³/mol. The molecule has 0 fully saturated rings. The van der Waals surface area contributed by atoms with Crippen molar-refractivity contribution >= 4 is 32.1 Å². The number of hydrogen-bond acceptors (Lipinski definition) is 2. The summed E-state index contributed by atoms with van der Waals surface area (Å²) >= 11 is 10.2. The molecule has 0 bridgehead atoms. The van der Waals surface area contributed by atoms with E-state index in [1.54, 1.807) is 0 Å². The lowest BCUT2D eigenvalue weighted by Crippen LogP contribution is -1.89. The number of aromatic nitrogens is 2. The van der Waals surface area contributed by atoms with E-state index in [9.17, 15) is 0 Å². The lowest BCUT2D eigenvalue weighted by molar-refractivity contribution is 0.822. The van der Waals surface area contributed by atoms with Crippen molar-refractivity contribution in [2.24, 2.45) is 20.8 Å². The van der Waals surface area contributed by atoms with Crippen molar-refractivity contribution in [3.63, 3.8) is 0 Å². The van der Waals surface area contributed by atoms with Gasteiger partial charge in [-0.25, -0.2) is 0 Å². The van der Waals surface area contributed by atoms with Crippen LogP contribution in [0.5, 0.6) is 0 Å². The molecule has 56 valence electrons. The van der Waals surface area contributed by atoms with Crippen LogP contribution < -0.4 is 0 Å². The van der Waals surface area contributed by atoms with Gasteiger partial charge in [-0.2, -0.15) is 0 Å². The van der Waals surface area contributed by atoms with Gasteiger partial charge in [-0.1, -0.05) is 12.2 Å². The van der Waals surface area contributed by atoms with Gasteiger partial charge >= 0.3 is 0 Å². The molecule has 5 heteroatoms. The average Bonchev–Trinajstić information content (AvgIpc) is 2.07. The number of rotatable bonds is 0. The zero-order valence-corrected chi connectivity index (χ0v) is 8.69. The molecule has 1 aromatic heterocycles. The summed E-state index contributed by atoms with van der Waals surface area (Å²) in [5.41, 5.74) is 0. The molecule has 0 spiro atoms. The van der Waals surface area contributed by atoms with Crippen LogP contribution in [0.2, 0.25) is 0 Å². The lowest BCUT2D eigenvalue weighted by atomic mass is 11.1. The SMILES string of the molecule is Cn1c(=S)n(C)p(C)c1=S. The second kappa shape index (κ2) is 2.61. The Balaban J connectivity index is 3.77. The summed E-state index contributed by atoms with van der Waals surface area (Å²) < 4.78 is 5.78. The van der Waals surface area contributed by atoms with Crippen LogP contribution in [0.1, 0.15) is 0 Å². The number of hydrogen-bond donors (Lipinski definition) is 0. The molecule has 1 rings (SSSR count). The van der Waals surface area contributed by atoms with Gasteiger partial charge in [0.15, 0.2) is 4.77 Å². The highest BCUT2D eigenvalue weighted by molar-refractivity contribution is 7.76. The molecule has 2 nitrogen and oxygen atoms in total. The van der Waals surface area contributed by atoms with E-state index in [-0.39, 0.29) is 7.69 Å². The van der Waals surface area contributed by atoms with E-state index in [1.165, 1.54) is 0 Å². The molecule has 10 heavy (non-hydrogen) atoms. The Morgan fingerprint density at radius 2 is 1.80 bits per heavy atom. The second-order valence-electron chi connectivity index (χ2n) is 2.17. The molecule has 0 aliphatic heterocycles. The smallest absolute Gasteiger partial charge is 0.183 e. The normalized spacial score (nSPS) is 12.1. The van der Waals surface area contributed by atoms with Gasteiger partial charge in [-0.15, -0.1) is 0 Å². The first-order valence-corrected chi connectivity index (χ1v) is 5.40. The van der Waals surface area contributed by atoms with Crippen LogP contribution in [0.3, 0.4) is 0 Å².